The molecule has 5 rings (SSSR count). The molecule has 2 aliphatic rings. The van der Waals surface area contributed by atoms with Crippen LogP contribution in [0, 0.1) is 0 Å². The number of furan rings is 1. The second-order valence-corrected chi connectivity index (χ2v) is 7.26. The monoisotopic (exact) mass is 369 g/mol. The minimum absolute atomic E-state index is 0.134. The molecule has 0 amide bonds. The third-order valence-electron chi connectivity index (χ3n) is 5.57. The lowest BCUT2D eigenvalue weighted by atomic mass is 10.1. The number of H-pyrrole nitrogens is 1. The van der Waals surface area contributed by atoms with Crippen molar-refractivity contribution in [1.29, 1.82) is 0 Å². The SMILES string of the molecule is OCC[C@H]1CN2C[C@@H](n3ccnc3-c3ccc(-c4ccn[nH]4)o3)C[C@H]2CO1. The summed E-state index contributed by atoms with van der Waals surface area (Å²) in [6.07, 6.45) is 7.43. The number of aliphatic hydroxyl groups is 1. The summed E-state index contributed by atoms with van der Waals surface area (Å²) < 4.78 is 14.1. The van der Waals surface area contributed by atoms with Crippen molar-refractivity contribution in [2.45, 2.75) is 31.0 Å². The van der Waals surface area contributed by atoms with Gasteiger partial charge < -0.3 is 18.8 Å². The fraction of sp³-hybridized carbons (Fsp3) is 0.474. The van der Waals surface area contributed by atoms with Gasteiger partial charge >= 0.3 is 0 Å². The summed E-state index contributed by atoms with van der Waals surface area (Å²) in [6.45, 7) is 2.76. The summed E-state index contributed by atoms with van der Waals surface area (Å²) in [4.78, 5) is 7.03. The Morgan fingerprint density at radius 2 is 2.07 bits per heavy atom. The maximum atomic E-state index is 9.17. The van der Waals surface area contributed by atoms with Gasteiger partial charge in [0, 0.05) is 50.4 Å². The number of morpholine rings is 1. The Bertz CT molecular complexity index is 887. The zero-order chi connectivity index (χ0) is 18.2. The summed E-state index contributed by atoms with van der Waals surface area (Å²) in [5.41, 5.74) is 0.851. The van der Waals surface area contributed by atoms with Gasteiger partial charge in [0.15, 0.2) is 17.3 Å². The van der Waals surface area contributed by atoms with Crippen LogP contribution in [0.3, 0.4) is 0 Å². The highest BCUT2D eigenvalue weighted by Gasteiger charge is 2.38. The number of imidazole rings is 1. The van der Waals surface area contributed by atoms with E-state index in [-0.39, 0.29) is 12.7 Å². The highest BCUT2D eigenvalue weighted by molar-refractivity contribution is 5.58. The van der Waals surface area contributed by atoms with Crippen molar-refractivity contribution < 1.29 is 14.3 Å². The number of rotatable bonds is 5. The molecule has 2 aliphatic heterocycles. The van der Waals surface area contributed by atoms with E-state index in [9.17, 15) is 0 Å². The molecule has 0 radical (unpaired) electrons. The number of fused-ring (bicyclic) bond motifs is 1. The van der Waals surface area contributed by atoms with Gasteiger partial charge in [-0.15, -0.1) is 0 Å². The summed E-state index contributed by atoms with van der Waals surface area (Å²) in [5.74, 6) is 2.35. The smallest absolute Gasteiger partial charge is 0.176 e. The van der Waals surface area contributed by atoms with Crippen LogP contribution in [0.15, 0.2) is 41.2 Å². The number of nitrogens with one attached hydrogen (secondary N) is 1. The highest BCUT2D eigenvalue weighted by atomic mass is 16.5. The van der Waals surface area contributed by atoms with Crippen LogP contribution in [-0.2, 0) is 4.74 Å². The minimum Gasteiger partial charge on any atom is -0.451 e. The molecule has 8 heteroatoms. The summed E-state index contributed by atoms with van der Waals surface area (Å²) in [7, 11) is 0. The van der Waals surface area contributed by atoms with E-state index < -0.39 is 0 Å². The van der Waals surface area contributed by atoms with Gasteiger partial charge in [-0.3, -0.25) is 10.00 Å². The predicted octanol–water partition coefficient (Wildman–Crippen LogP) is 1.93. The number of aliphatic hydroxyl groups excluding tert-OH is 1. The van der Waals surface area contributed by atoms with Crippen molar-refractivity contribution >= 4 is 0 Å². The third kappa shape index (κ3) is 3.09. The molecule has 0 aliphatic carbocycles. The molecule has 0 saturated carbocycles. The lowest BCUT2D eigenvalue weighted by molar-refractivity contribution is -0.0567. The van der Waals surface area contributed by atoms with Crippen molar-refractivity contribution in [3.63, 3.8) is 0 Å². The van der Waals surface area contributed by atoms with Gasteiger partial charge in [0.2, 0.25) is 0 Å². The van der Waals surface area contributed by atoms with Crippen LogP contribution in [0.25, 0.3) is 23.0 Å². The minimum atomic E-state index is 0.134. The first kappa shape index (κ1) is 16.7. The fourth-order valence-corrected chi connectivity index (χ4v) is 4.23. The summed E-state index contributed by atoms with van der Waals surface area (Å²) >= 11 is 0. The molecule has 0 bridgehead atoms. The first-order valence-electron chi connectivity index (χ1n) is 9.41. The van der Waals surface area contributed by atoms with Crippen LogP contribution in [0.2, 0.25) is 0 Å². The van der Waals surface area contributed by atoms with E-state index in [0.717, 1.165) is 49.2 Å². The Kier molecular flexibility index (Phi) is 4.31. The van der Waals surface area contributed by atoms with Crippen LogP contribution in [0.4, 0.5) is 0 Å². The molecule has 2 fully saturated rings. The average molecular weight is 369 g/mol. The number of aromatic amines is 1. The quantitative estimate of drug-likeness (QED) is 0.714. The summed E-state index contributed by atoms with van der Waals surface area (Å²) in [6, 6.07) is 6.54. The van der Waals surface area contributed by atoms with Gasteiger partial charge in [-0.25, -0.2) is 4.98 Å². The molecule has 0 unspecified atom stereocenters. The topological polar surface area (TPSA) is 92.3 Å². The van der Waals surface area contributed by atoms with E-state index in [0.29, 0.717) is 18.5 Å². The molecular weight excluding hydrogens is 346 g/mol. The van der Waals surface area contributed by atoms with Crippen molar-refractivity contribution in [1.82, 2.24) is 24.6 Å². The van der Waals surface area contributed by atoms with Gasteiger partial charge in [-0.1, -0.05) is 0 Å². The zero-order valence-corrected chi connectivity index (χ0v) is 15.0. The van der Waals surface area contributed by atoms with E-state index in [1.807, 2.05) is 30.6 Å². The molecule has 3 aromatic heterocycles. The third-order valence-corrected chi connectivity index (χ3v) is 5.57. The molecule has 0 spiro atoms. The number of hydrogen-bond donors (Lipinski definition) is 2. The lowest BCUT2D eigenvalue weighted by Gasteiger charge is -2.34. The first-order valence-corrected chi connectivity index (χ1v) is 9.41. The Morgan fingerprint density at radius 3 is 2.93 bits per heavy atom. The van der Waals surface area contributed by atoms with Gasteiger partial charge in [0.05, 0.1) is 12.7 Å². The van der Waals surface area contributed by atoms with E-state index in [1.165, 1.54) is 0 Å². The Labute approximate surface area is 156 Å². The van der Waals surface area contributed by atoms with Gasteiger partial charge in [0.1, 0.15) is 5.69 Å². The maximum Gasteiger partial charge on any atom is 0.176 e. The zero-order valence-electron chi connectivity index (χ0n) is 15.0. The number of aromatic nitrogens is 4. The second-order valence-electron chi connectivity index (χ2n) is 7.26. The molecule has 2 N–H and O–H groups in total. The number of hydrogen-bond acceptors (Lipinski definition) is 6. The van der Waals surface area contributed by atoms with Gasteiger partial charge in [-0.2, -0.15) is 5.10 Å². The first-order chi connectivity index (χ1) is 13.3. The van der Waals surface area contributed by atoms with Crippen molar-refractivity contribution in [2.24, 2.45) is 0 Å². The van der Waals surface area contributed by atoms with Crippen LogP contribution in [0.1, 0.15) is 18.9 Å². The Hall–Kier alpha value is -2.42. The van der Waals surface area contributed by atoms with Crippen LogP contribution in [-0.4, -0.2) is 68.2 Å². The molecule has 2 saturated heterocycles. The normalized spacial score (nSPS) is 25.7. The number of nitrogens with zero attached hydrogens (tertiary/aromatic N) is 4. The summed E-state index contributed by atoms with van der Waals surface area (Å²) in [5, 5.41) is 16.1. The van der Waals surface area contributed by atoms with Gasteiger partial charge in [-0.05, 0) is 31.0 Å². The van der Waals surface area contributed by atoms with Crippen molar-refractivity contribution in [2.75, 3.05) is 26.3 Å². The molecule has 142 valence electrons. The molecule has 8 nitrogen and oxygen atoms in total. The van der Waals surface area contributed by atoms with Crippen molar-refractivity contribution in [3.05, 3.63) is 36.8 Å². The number of ether oxygens (including phenoxy) is 1. The van der Waals surface area contributed by atoms with E-state index in [2.05, 4.69) is 24.6 Å². The van der Waals surface area contributed by atoms with Gasteiger partial charge in [0.25, 0.3) is 0 Å². The fourth-order valence-electron chi connectivity index (χ4n) is 4.23. The van der Waals surface area contributed by atoms with E-state index in [1.54, 1.807) is 6.20 Å². The molecule has 0 aromatic carbocycles. The van der Waals surface area contributed by atoms with Crippen LogP contribution >= 0.6 is 0 Å². The van der Waals surface area contributed by atoms with E-state index >= 15 is 0 Å². The maximum absolute atomic E-state index is 9.17. The highest BCUT2D eigenvalue weighted by Crippen LogP contribution is 2.34. The van der Waals surface area contributed by atoms with Crippen molar-refractivity contribution in [3.8, 4) is 23.0 Å². The molecular formula is C19H23N5O3. The van der Waals surface area contributed by atoms with Crippen LogP contribution < -0.4 is 0 Å². The predicted molar refractivity (Wildman–Crippen MR) is 98.0 cm³/mol. The molecule has 5 heterocycles. The molecule has 27 heavy (non-hydrogen) atoms. The molecule has 3 atom stereocenters. The lowest BCUT2D eigenvalue weighted by Crippen LogP contribution is -2.46. The van der Waals surface area contributed by atoms with E-state index in [4.69, 9.17) is 14.3 Å². The molecule has 3 aromatic rings. The standard InChI is InChI=1S/C19H23N5O3/c25-8-4-15-11-23-10-13(9-14(23)12-26-15)24-7-6-20-19(24)18-2-1-17(27-18)16-3-5-21-22-16/h1-3,5-7,13-15,25H,4,8-12H2,(H,21,22)/t13-,14-,15-/m0/s1. The second kappa shape index (κ2) is 6.95. The Balaban J connectivity index is 1.35. The average Bonchev–Trinajstić information content (AvgIpc) is 3.47. The largest absolute Gasteiger partial charge is 0.451 e. The van der Waals surface area contributed by atoms with Crippen LogP contribution in [0.5, 0.6) is 0 Å². The Morgan fingerprint density at radius 1 is 1.15 bits per heavy atom.